The van der Waals surface area contributed by atoms with Crippen LogP contribution in [0.5, 0.6) is 0 Å². The summed E-state index contributed by atoms with van der Waals surface area (Å²) in [6, 6.07) is 6.95. The topological polar surface area (TPSA) is 148 Å². The number of likely N-dealkylation sites (N-methyl/N-ethyl adjacent to an activating group) is 1. The van der Waals surface area contributed by atoms with Gasteiger partial charge in [0.25, 0.3) is 0 Å². The normalized spacial score (nSPS) is 26.2. The van der Waals surface area contributed by atoms with Gasteiger partial charge in [-0.15, -0.1) is 0 Å². The standard InChI is InChI=1S/C28H40N2O11/c1-27(2,3)41-26(34)30(4)21-20(35-5)16-38-19-14-28(24(32)37-7,40-22(19)21)13-18(23(31)36-6)29-25(33)39-15-17-11-9-8-10-12-17/h8-12,18-22H,13-16H2,1-7H3,(H,29,33)/t18-,19+,20+,21+,22-,28+/m0/s1. The number of esters is 2. The highest BCUT2D eigenvalue weighted by Gasteiger charge is 2.60. The molecule has 41 heavy (non-hydrogen) atoms. The minimum absolute atomic E-state index is 0.0202. The van der Waals surface area contributed by atoms with Crippen molar-refractivity contribution < 1.29 is 52.3 Å². The molecule has 1 aromatic rings. The molecule has 2 heterocycles. The summed E-state index contributed by atoms with van der Waals surface area (Å²) in [5.41, 5.74) is -1.73. The van der Waals surface area contributed by atoms with E-state index < -0.39 is 65.7 Å². The number of hydrogen-bond acceptors (Lipinski definition) is 11. The van der Waals surface area contributed by atoms with Gasteiger partial charge in [-0.25, -0.2) is 19.2 Å². The molecule has 228 valence electrons. The van der Waals surface area contributed by atoms with Crippen molar-refractivity contribution >= 4 is 24.1 Å². The monoisotopic (exact) mass is 580 g/mol. The number of rotatable bonds is 9. The van der Waals surface area contributed by atoms with E-state index in [1.54, 1.807) is 52.1 Å². The molecule has 0 spiro atoms. The molecule has 0 unspecified atom stereocenters. The highest BCUT2D eigenvalue weighted by atomic mass is 16.6. The average molecular weight is 581 g/mol. The molecule has 0 aromatic heterocycles. The summed E-state index contributed by atoms with van der Waals surface area (Å²) in [7, 11) is 5.37. The summed E-state index contributed by atoms with van der Waals surface area (Å²) in [6.07, 6.45) is -3.99. The fraction of sp³-hybridized carbons (Fsp3) is 0.643. The molecule has 2 saturated heterocycles. The number of alkyl carbamates (subject to hydrolysis) is 1. The maximum absolute atomic E-state index is 13.2. The van der Waals surface area contributed by atoms with Crippen LogP contribution in [0.25, 0.3) is 0 Å². The fourth-order valence-electron chi connectivity index (χ4n) is 5.04. The predicted molar refractivity (Wildman–Crippen MR) is 143 cm³/mol. The number of ether oxygens (including phenoxy) is 7. The molecule has 2 amide bonds. The number of nitrogens with zero attached hydrogens (tertiary/aromatic N) is 1. The Balaban J connectivity index is 1.84. The van der Waals surface area contributed by atoms with E-state index in [9.17, 15) is 19.2 Å². The third kappa shape index (κ3) is 7.86. The third-order valence-corrected chi connectivity index (χ3v) is 6.96. The molecule has 1 aromatic carbocycles. The van der Waals surface area contributed by atoms with E-state index in [2.05, 4.69) is 5.32 Å². The van der Waals surface area contributed by atoms with Crippen molar-refractivity contribution in [2.24, 2.45) is 0 Å². The van der Waals surface area contributed by atoms with Crippen molar-refractivity contribution in [3.8, 4) is 0 Å². The first-order valence-corrected chi connectivity index (χ1v) is 13.3. The minimum Gasteiger partial charge on any atom is -0.467 e. The number of nitrogens with one attached hydrogen (secondary N) is 1. The van der Waals surface area contributed by atoms with Gasteiger partial charge in [-0.2, -0.15) is 0 Å². The van der Waals surface area contributed by atoms with Crippen LogP contribution < -0.4 is 5.32 Å². The quantitative estimate of drug-likeness (QED) is 0.338. The molecule has 2 aliphatic rings. The van der Waals surface area contributed by atoms with E-state index in [-0.39, 0.29) is 26.1 Å². The van der Waals surface area contributed by atoms with Crippen molar-refractivity contribution in [2.45, 2.75) is 81.8 Å². The van der Waals surface area contributed by atoms with Crippen LogP contribution in [0.3, 0.4) is 0 Å². The Morgan fingerprint density at radius 3 is 2.37 bits per heavy atom. The van der Waals surface area contributed by atoms with E-state index in [1.165, 1.54) is 19.1 Å². The molecule has 0 bridgehead atoms. The van der Waals surface area contributed by atoms with Gasteiger partial charge in [0, 0.05) is 27.0 Å². The molecular formula is C28H40N2O11. The molecular weight excluding hydrogens is 540 g/mol. The van der Waals surface area contributed by atoms with Crippen LogP contribution in [0.2, 0.25) is 0 Å². The predicted octanol–water partition coefficient (Wildman–Crippen LogP) is 2.19. The van der Waals surface area contributed by atoms with Crippen LogP contribution in [0, 0.1) is 0 Å². The third-order valence-electron chi connectivity index (χ3n) is 6.96. The minimum atomic E-state index is -1.73. The molecule has 6 atom stereocenters. The first kappa shape index (κ1) is 32.1. The smallest absolute Gasteiger partial charge is 0.410 e. The summed E-state index contributed by atoms with van der Waals surface area (Å²) in [4.78, 5) is 53.0. The Hall–Kier alpha value is -3.42. The molecule has 2 fully saturated rings. The van der Waals surface area contributed by atoms with E-state index in [0.717, 1.165) is 12.7 Å². The number of amides is 2. The summed E-state index contributed by atoms with van der Waals surface area (Å²) in [5.74, 6) is -1.60. The molecule has 0 aliphatic carbocycles. The lowest BCUT2D eigenvalue weighted by molar-refractivity contribution is -0.188. The van der Waals surface area contributed by atoms with Gasteiger partial charge in [0.15, 0.2) is 5.60 Å². The molecule has 2 aliphatic heterocycles. The second-order valence-electron chi connectivity index (χ2n) is 11.0. The number of benzene rings is 1. The number of carbonyl (C=O) groups excluding carboxylic acids is 4. The Kier molecular flexibility index (Phi) is 10.6. The zero-order valence-electron chi connectivity index (χ0n) is 24.5. The van der Waals surface area contributed by atoms with Gasteiger partial charge in [-0.3, -0.25) is 0 Å². The summed E-state index contributed by atoms with van der Waals surface area (Å²) in [6.45, 7) is 5.32. The Bertz CT molecular complexity index is 1080. The molecule has 13 heteroatoms. The lowest BCUT2D eigenvalue weighted by atomic mass is 9.88. The SMILES string of the molecule is COC(=O)[C@H](C[C@]1(C(=O)OC)C[C@H]2OC[C@@H](OC)[C@@H](N(C)C(=O)OC(C)(C)C)[C@H]2O1)NC(=O)OCc1ccccc1. The van der Waals surface area contributed by atoms with Crippen molar-refractivity contribution in [3.05, 3.63) is 35.9 Å². The van der Waals surface area contributed by atoms with Crippen molar-refractivity contribution in [3.63, 3.8) is 0 Å². The second-order valence-corrected chi connectivity index (χ2v) is 11.0. The molecule has 0 radical (unpaired) electrons. The van der Waals surface area contributed by atoms with Gasteiger partial charge in [-0.05, 0) is 26.3 Å². The first-order chi connectivity index (χ1) is 19.3. The Labute approximate surface area is 239 Å². The highest BCUT2D eigenvalue weighted by molar-refractivity contribution is 5.85. The van der Waals surface area contributed by atoms with E-state index in [4.69, 9.17) is 33.2 Å². The van der Waals surface area contributed by atoms with Crippen LogP contribution in [0.4, 0.5) is 9.59 Å². The Morgan fingerprint density at radius 2 is 1.78 bits per heavy atom. The van der Waals surface area contributed by atoms with E-state index in [0.29, 0.717) is 0 Å². The number of fused-ring (bicyclic) bond motifs is 1. The van der Waals surface area contributed by atoms with Gasteiger partial charge < -0.3 is 43.4 Å². The van der Waals surface area contributed by atoms with Gasteiger partial charge in [-0.1, -0.05) is 30.3 Å². The molecule has 0 saturated carbocycles. The van der Waals surface area contributed by atoms with Crippen molar-refractivity contribution in [1.29, 1.82) is 0 Å². The Morgan fingerprint density at radius 1 is 1.10 bits per heavy atom. The first-order valence-electron chi connectivity index (χ1n) is 13.3. The number of methoxy groups -OCH3 is 3. The highest BCUT2D eigenvalue weighted by Crippen LogP contribution is 2.42. The lowest BCUT2D eigenvalue weighted by Gasteiger charge is -2.43. The van der Waals surface area contributed by atoms with Gasteiger partial charge >= 0.3 is 24.1 Å². The zero-order chi connectivity index (χ0) is 30.4. The van der Waals surface area contributed by atoms with E-state index in [1.807, 2.05) is 6.07 Å². The van der Waals surface area contributed by atoms with Crippen LogP contribution in [-0.4, -0.2) is 106 Å². The van der Waals surface area contributed by atoms with Crippen LogP contribution in [-0.2, 0) is 49.4 Å². The van der Waals surface area contributed by atoms with Gasteiger partial charge in [0.1, 0.15) is 30.5 Å². The summed E-state index contributed by atoms with van der Waals surface area (Å²) < 4.78 is 38.7. The lowest BCUT2D eigenvalue weighted by Crippen LogP contribution is -2.61. The average Bonchev–Trinajstić information content (AvgIpc) is 3.32. The zero-order valence-corrected chi connectivity index (χ0v) is 24.5. The number of carbonyl (C=O) groups is 4. The molecule has 1 N–H and O–H groups in total. The number of hydrogen-bond donors (Lipinski definition) is 1. The van der Waals surface area contributed by atoms with Crippen LogP contribution in [0.15, 0.2) is 30.3 Å². The molecule has 3 rings (SSSR count). The fourth-order valence-corrected chi connectivity index (χ4v) is 5.04. The maximum Gasteiger partial charge on any atom is 0.410 e. The van der Waals surface area contributed by atoms with Crippen LogP contribution >= 0.6 is 0 Å². The van der Waals surface area contributed by atoms with Crippen molar-refractivity contribution in [2.75, 3.05) is 35.0 Å². The largest absolute Gasteiger partial charge is 0.467 e. The summed E-state index contributed by atoms with van der Waals surface area (Å²) >= 11 is 0. The van der Waals surface area contributed by atoms with Crippen molar-refractivity contribution in [1.82, 2.24) is 10.2 Å². The molecule has 13 nitrogen and oxygen atoms in total. The van der Waals surface area contributed by atoms with Crippen LogP contribution in [0.1, 0.15) is 39.2 Å². The van der Waals surface area contributed by atoms with E-state index >= 15 is 0 Å². The maximum atomic E-state index is 13.2. The van der Waals surface area contributed by atoms with Gasteiger partial charge in [0.2, 0.25) is 0 Å². The summed E-state index contributed by atoms with van der Waals surface area (Å²) in [5, 5.41) is 2.47. The second kappa shape index (κ2) is 13.5. The van der Waals surface area contributed by atoms with Gasteiger partial charge in [0.05, 0.1) is 33.0 Å².